The second kappa shape index (κ2) is 3.57. The zero-order valence-electron chi connectivity index (χ0n) is 7.77. The van der Waals surface area contributed by atoms with E-state index in [0.29, 0.717) is 5.92 Å². The summed E-state index contributed by atoms with van der Waals surface area (Å²) in [6.45, 7) is 4.38. The first-order valence-electron chi connectivity index (χ1n) is 4.91. The number of aliphatic hydroxyl groups is 1. The van der Waals surface area contributed by atoms with E-state index in [1.165, 1.54) is 25.7 Å². The van der Waals surface area contributed by atoms with Gasteiger partial charge >= 0.3 is 0 Å². The minimum atomic E-state index is -0.296. The molecule has 1 aliphatic carbocycles. The molecule has 1 rings (SSSR count). The smallest absolute Gasteiger partial charge is 0.0673 e. The van der Waals surface area contributed by atoms with E-state index in [2.05, 4.69) is 13.8 Å². The molecular formula is C10H20O. The molecule has 1 unspecified atom stereocenters. The lowest BCUT2D eigenvalue weighted by Crippen LogP contribution is -2.32. The molecule has 0 aromatic heterocycles. The fourth-order valence-electron chi connectivity index (χ4n) is 2.18. The lowest BCUT2D eigenvalue weighted by atomic mass is 9.84. The molecule has 0 amide bonds. The second-order valence-electron chi connectivity index (χ2n) is 4.00. The highest BCUT2D eigenvalue weighted by Crippen LogP contribution is 2.37. The van der Waals surface area contributed by atoms with E-state index in [4.69, 9.17) is 0 Å². The van der Waals surface area contributed by atoms with Crippen LogP contribution in [-0.2, 0) is 0 Å². The Labute approximate surface area is 69.8 Å². The maximum Gasteiger partial charge on any atom is 0.0673 e. The Kier molecular flexibility index (Phi) is 2.94. The molecule has 0 spiro atoms. The van der Waals surface area contributed by atoms with Crippen molar-refractivity contribution in [3.8, 4) is 0 Å². The monoisotopic (exact) mass is 156 g/mol. The quantitative estimate of drug-likeness (QED) is 0.666. The standard InChI is InChI=1S/C10H20O/c1-3-6-9(2)10(11)7-4-5-8-10/h9,11H,3-8H2,1-2H3. The van der Waals surface area contributed by atoms with Crippen molar-refractivity contribution in [2.75, 3.05) is 0 Å². The first-order chi connectivity index (χ1) is 5.19. The van der Waals surface area contributed by atoms with Crippen LogP contribution in [0.2, 0.25) is 0 Å². The van der Waals surface area contributed by atoms with Crippen molar-refractivity contribution in [3.63, 3.8) is 0 Å². The molecule has 66 valence electrons. The molecule has 0 radical (unpaired) electrons. The van der Waals surface area contributed by atoms with Crippen LogP contribution in [0, 0.1) is 5.92 Å². The molecule has 1 heteroatoms. The fraction of sp³-hybridized carbons (Fsp3) is 1.00. The predicted molar refractivity (Wildman–Crippen MR) is 47.5 cm³/mol. The molecule has 0 aromatic rings. The summed E-state index contributed by atoms with van der Waals surface area (Å²) in [4.78, 5) is 0. The van der Waals surface area contributed by atoms with Crippen molar-refractivity contribution in [2.24, 2.45) is 5.92 Å². The number of rotatable bonds is 3. The third kappa shape index (κ3) is 1.96. The highest BCUT2D eigenvalue weighted by atomic mass is 16.3. The fourth-order valence-corrected chi connectivity index (χ4v) is 2.18. The molecule has 0 aliphatic heterocycles. The van der Waals surface area contributed by atoms with Gasteiger partial charge in [0.15, 0.2) is 0 Å². The van der Waals surface area contributed by atoms with Gasteiger partial charge in [-0.15, -0.1) is 0 Å². The molecule has 1 nitrogen and oxygen atoms in total. The van der Waals surface area contributed by atoms with Crippen molar-refractivity contribution < 1.29 is 5.11 Å². The molecule has 1 N–H and O–H groups in total. The Balaban J connectivity index is 2.42. The molecule has 0 saturated heterocycles. The maximum atomic E-state index is 10.1. The highest BCUT2D eigenvalue weighted by molar-refractivity contribution is 4.88. The summed E-state index contributed by atoms with van der Waals surface area (Å²) < 4.78 is 0. The second-order valence-corrected chi connectivity index (χ2v) is 4.00. The van der Waals surface area contributed by atoms with Gasteiger partial charge < -0.3 is 5.11 Å². The van der Waals surface area contributed by atoms with Gasteiger partial charge in [0.05, 0.1) is 5.60 Å². The first-order valence-corrected chi connectivity index (χ1v) is 4.91. The van der Waals surface area contributed by atoms with Gasteiger partial charge in [-0.2, -0.15) is 0 Å². The molecular weight excluding hydrogens is 136 g/mol. The van der Waals surface area contributed by atoms with Crippen LogP contribution in [0.5, 0.6) is 0 Å². The normalized spacial score (nSPS) is 25.4. The van der Waals surface area contributed by atoms with Gasteiger partial charge in [0.25, 0.3) is 0 Å². The number of hydrogen-bond donors (Lipinski definition) is 1. The van der Waals surface area contributed by atoms with Crippen LogP contribution in [0.25, 0.3) is 0 Å². The summed E-state index contributed by atoms with van der Waals surface area (Å²) >= 11 is 0. The van der Waals surface area contributed by atoms with Crippen LogP contribution in [0.3, 0.4) is 0 Å². The van der Waals surface area contributed by atoms with E-state index in [1.54, 1.807) is 0 Å². The Morgan fingerprint density at radius 3 is 2.36 bits per heavy atom. The van der Waals surface area contributed by atoms with E-state index in [0.717, 1.165) is 12.8 Å². The van der Waals surface area contributed by atoms with Gasteiger partial charge in [0, 0.05) is 0 Å². The van der Waals surface area contributed by atoms with E-state index in [-0.39, 0.29) is 5.60 Å². The largest absolute Gasteiger partial charge is 0.390 e. The molecule has 0 bridgehead atoms. The minimum absolute atomic E-state index is 0.296. The van der Waals surface area contributed by atoms with Crippen LogP contribution in [0.15, 0.2) is 0 Å². The third-order valence-electron chi connectivity index (χ3n) is 3.11. The molecule has 0 heterocycles. The lowest BCUT2D eigenvalue weighted by molar-refractivity contribution is -0.00854. The van der Waals surface area contributed by atoms with E-state index in [1.807, 2.05) is 0 Å². The summed E-state index contributed by atoms with van der Waals surface area (Å²) in [5, 5.41) is 10.1. The van der Waals surface area contributed by atoms with Crippen molar-refractivity contribution in [1.82, 2.24) is 0 Å². The Bertz CT molecular complexity index is 114. The van der Waals surface area contributed by atoms with Gasteiger partial charge in [-0.25, -0.2) is 0 Å². The molecule has 1 fully saturated rings. The van der Waals surface area contributed by atoms with Crippen LogP contribution in [0.4, 0.5) is 0 Å². The van der Waals surface area contributed by atoms with Crippen LogP contribution in [-0.4, -0.2) is 10.7 Å². The van der Waals surface area contributed by atoms with E-state index < -0.39 is 0 Å². The van der Waals surface area contributed by atoms with Crippen LogP contribution in [0.1, 0.15) is 52.4 Å². The molecule has 11 heavy (non-hydrogen) atoms. The van der Waals surface area contributed by atoms with Gasteiger partial charge in [0.2, 0.25) is 0 Å². The Morgan fingerprint density at radius 1 is 1.36 bits per heavy atom. The van der Waals surface area contributed by atoms with Gasteiger partial charge in [-0.3, -0.25) is 0 Å². The Hall–Kier alpha value is -0.0400. The summed E-state index contributed by atoms with van der Waals surface area (Å²) in [6.07, 6.45) is 6.90. The average Bonchev–Trinajstić information content (AvgIpc) is 2.38. The van der Waals surface area contributed by atoms with Crippen molar-refractivity contribution in [3.05, 3.63) is 0 Å². The zero-order chi connectivity index (χ0) is 8.32. The van der Waals surface area contributed by atoms with Gasteiger partial charge in [-0.1, -0.05) is 33.1 Å². The van der Waals surface area contributed by atoms with Crippen LogP contribution < -0.4 is 0 Å². The average molecular weight is 156 g/mol. The van der Waals surface area contributed by atoms with Gasteiger partial charge in [-0.05, 0) is 25.2 Å². The van der Waals surface area contributed by atoms with Crippen LogP contribution >= 0.6 is 0 Å². The van der Waals surface area contributed by atoms with E-state index in [9.17, 15) is 5.11 Å². The molecule has 1 saturated carbocycles. The maximum absolute atomic E-state index is 10.1. The third-order valence-corrected chi connectivity index (χ3v) is 3.11. The van der Waals surface area contributed by atoms with E-state index >= 15 is 0 Å². The number of hydrogen-bond acceptors (Lipinski definition) is 1. The summed E-state index contributed by atoms with van der Waals surface area (Å²) in [5.74, 6) is 0.509. The highest BCUT2D eigenvalue weighted by Gasteiger charge is 2.35. The zero-order valence-corrected chi connectivity index (χ0v) is 7.77. The van der Waals surface area contributed by atoms with Gasteiger partial charge in [0.1, 0.15) is 0 Å². The van der Waals surface area contributed by atoms with Crippen molar-refractivity contribution in [2.45, 2.75) is 58.0 Å². The van der Waals surface area contributed by atoms with Crippen molar-refractivity contribution >= 4 is 0 Å². The minimum Gasteiger partial charge on any atom is -0.390 e. The molecule has 1 atom stereocenters. The van der Waals surface area contributed by atoms with Crippen molar-refractivity contribution in [1.29, 1.82) is 0 Å². The topological polar surface area (TPSA) is 20.2 Å². The first kappa shape index (κ1) is 9.05. The molecule has 0 aromatic carbocycles. The summed E-state index contributed by atoms with van der Waals surface area (Å²) in [6, 6.07) is 0. The molecule has 1 aliphatic rings. The summed E-state index contributed by atoms with van der Waals surface area (Å²) in [5.41, 5.74) is -0.296. The Morgan fingerprint density at radius 2 is 1.91 bits per heavy atom. The predicted octanol–water partition coefficient (Wildman–Crippen LogP) is 2.73. The lowest BCUT2D eigenvalue weighted by Gasteiger charge is -2.29. The summed E-state index contributed by atoms with van der Waals surface area (Å²) in [7, 11) is 0. The SMILES string of the molecule is CCCC(C)C1(O)CCCC1.